The fourth-order valence-corrected chi connectivity index (χ4v) is 2.54. The van der Waals surface area contributed by atoms with E-state index in [1.165, 1.54) is 6.20 Å². The molecule has 7 heteroatoms. The molecule has 0 radical (unpaired) electrons. The summed E-state index contributed by atoms with van der Waals surface area (Å²) in [4.78, 5) is 8.52. The molecule has 2 aromatic heterocycles. The third-order valence-electron chi connectivity index (χ3n) is 3.27. The highest BCUT2D eigenvalue weighted by Gasteiger charge is 2.23. The van der Waals surface area contributed by atoms with Crippen molar-refractivity contribution in [2.75, 3.05) is 7.05 Å². The molecular formula is C13H16Cl2N4O. The van der Waals surface area contributed by atoms with E-state index in [2.05, 4.69) is 27.4 Å². The van der Waals surface area contributed by atoms with Gasteiger partial charge < -0.3 is 9.84 Å². The van der Waals surface area contributed by atoms with Gasteiger partial charge in [-0.2, -0.15) is 4.98 Å². The van der Waals surface area contributed by atoms with Crippen LogP contribution in [0.4, 0.5) is 0 Å². The van der Waals surface area contributed by atoms with Crippen LogP contribution < -0.4 is 5.32 Å². The molecule has 5 nitrogen and oxygen atoms in total. The number of hydrogen-bond acceptors (Lipinski definition) is 5. The van der Waals surface area contributed by atoms with Crippen molar-refractivity contribution >= 4 is 23.2 Å². The maximum atomic E-state index is 6.09. The predicted octanol–water partition coefficient (Wildman–Crippen LogP) is 3.54. The lowest BCUT2D eigenvalue weighted by molar-refractivity contribution is 0.326. The van der Waals surface area contributed by atoms with Gasteiger partial charge >= 0.3 is 0 Å². The maximum absolute atomic E-state index is 6.09. The second kappa shape index (κ2) is 6.52. The Morgan fingerprint density at radius 3 is 2.75 bits per heavy atom. The van der Waals surface area contributed by atoms with Crippen molar-refractivity contribution in [1.82, 2.24) is 20.4 Å². The minimum absolute atomic E-state index is 0.109. The first-order chi connectivity index (χ1) is 9.56. The number of nitrogens with zero attached hydrogens (tertiary/aromatic N) is 3. The smallest absolute Gasteiger partial charge is 0.231 e. The first kappa shape index (κ1) is 15.2. The van der Waals surface area contributed by atoms with E-state index < -0.39 is 0 Å². The van der Waals surface area contributed by atoms with Gasteiger partial charge in [-0.3, -0.25) is 0 Å². The molecule has 2 aromatic rings. The van der Waals surface area contributed by atoms with Crippen molar-refractivity contribution in [2.24, 2.45) is 0 Å². The highest BCUT2D eigenvalue weighted by atomic mass is 35.5. The zero-order chi connectivity index (χ0) is 14.7. The van der Waals surface area contributed by atoms with Crippen LogP contribution in [0.5, 0.6) is 0 Å². The summed E-state index contributed by atoms with van der Waals surface area (Å²) >= 11 is 11.9. The normalized spacial score (nSPS) is 14.2. The lowest BCUT2D eigenvalue weighted by atomic mass is 10.00. The van der Waals surface area contributed by atoms with Gasteiger partial charge in [-0.25, -0.2) is 4.98 Å². The van der Waals surface area contributed by atoms with Crippen molar-refractivity contribution in [3.63, 3.8) is 0 Å². The van der Waals surface area contributed by atoms with Gasteiger partial charge in [-0.05, 0) is 19.5 Å². The third kappa shape index (κ3) is 3.11. The number of rotatable bonds is 5. The number of aromatic nitrogens is 3. The molecule has 0 amide bonds. The molecule has 2 heterocycles. The molecule has 0 saturated heterocycles. The van der Waals surface area contributed by atoms with E-state index in [1.807, 2.05) is 14.0 Å². The van der Waals surface area contributed by atoms with Crippen molar-refractivity contribution in [3.05, 3.63) is 28.2 Å². The van der Waals surface area contributed by atoms with Crippen LogP contribution in [0.2, 0.25) is 10.0 Å². The number of pyridine rings is 1. The van der Waals surface area contributed by atoms with Gasteiger partial charge in [-0.1, -0.05) is 42.2 Å². The molecule has 0 aliphatic rings. The summed E-state index contributed by atoms with van der Waals surface area (Å²) in [5, 5.41) is 8.05. The summed E-state index contributed by atoms with van der Waals surface area (Å²) in [7, 11) is 1.92. The highest BCUT2D eigenvalue weighted by Crippen LogP contribution is 2.27. The largest absolute Gasteiger partial charge is 0.339 e. The van der Waals surface area contributed by atoms with E-state index in [0.29, 0.717) is 27.5 Å². The quantitative estimate of drug-likeness (QED) is 0.914. The first-order valence-corrected chi connectivity index (χ1v) is 7.14. The molecule has 0 saturated carbocycles. The van der Waals surface area contributed by atoms with Crippen LogP contribution in [0.3, 0.4) is 0 Å². The van der Waals surface area contributed by atoms with Gasteiger partial charge in [0.25, 0.3) is 0 Å². The van der Waals surface area contributed by atoms with Crippen molar-refractivity contribution in [3.8, 4) is 11.5 Å². The van der Waals surface area contributed by atoms with Crippen LogP contribution in [0.1, 0.15) is 32.1 Å². The van der Waals surface area contributed by atoms with E-state index in [4.69, 9.17) is 27.7 Å². The SMILES string of the molecule is CCC(NC)C(C)c1nc(-c2ncc(Cl)cc2Cl)no1. The van der Waals surface area contributed by atoms with Crippen molar-refractivity contribution < 1.29 is 4.52 Å². The van der Waals surface area contributed by atoms with Crippen molar-refractivity contribution in [1.29, 1.82) is 0 Å². The monoisotopic (exact) mass is 314 g/mol. The van der Waals surface area contributed by atoms with Crippen LogP contribution >= 0.6 is 23.2 Å². The van der Waals surface area contributed by atoms with Crippen molar-refractivity contribution in [2.45, 2.75) is 32.2 Å². The Morgan fingerprint density at radius 1 is 1.40 bits per heavy atom. The maximum Gasteiger partial charge on any atom is 0.231 e. The summed E-state index contributed by atoms with van der Waals surface area (Å²) in [6.07, 6.45) is 2.47. The molecule has 0 aliphatic heterocycles. The van der Waals surface area contributed by atoms with Crippen LogP contribution in [0.25, 0.3) is 11.5 Å². The highest BCUT2D eigenvalue weighted by molar-refractivity contribution is 6.35. The molecule has 2 rings (SSSR count). The Labute approximate surface area is 127 Å². The van der Waals surface area contributed by atoms with Gasteiger partial charge in [0.05, 0.1) is 16.0 Å². The van der Waals surface area contributed by atoms with E-state index in [9.17, 15) is 0 Å². The lowest BCUT2D eigenvalue weighted by Crippen LogP contribution is -2.30. The van der Waals surface area contributed by atoms with E-state index in [1.54, 1.807) is 6.07 Å². The average molecular weight is 315 g/mol. The number of hydrogen-bond donors (Lipinski definition) is 1. The predicted molar refractivity (Wildman–Crippen MR) is 79.1 cm³/mol. The zero-order valence-corrected chi connectivity index (χ0v) is 13.0. The summed E-state index contributed by atoms with van der Waals surface area (Å²) in [6, 6.07) is 1.88. The molecule has 2 unspecified atom stereocenters. The summed E-state index contributed by atoms with van der Waals surface area (Å²) in [5.41, 5.74) is 0.468. The van der Waals surface area contributed by atoms with Gasteiger partial charge in [0.2, 0.25) is 11.7 Å². The standard InChI is InChI=1S/C13H16Cl2N4O/c1-4-10(16-3)7(2)13-18-12(19-20-13)11-9(15)5-8(14)6-17-11/h5-7,10,16H,4H2,1-3H3. The van der Waals surface area contributed by atoms with Crippen LogP contribution in [-0.4, -0.2) is 28.2 Å². The Bertz CT molecular complexity index is 584. The zero-order valence-electron chi connectivity index (χ0n) is 11.5. The van der Waals surface area contributed by atoms with Gasteiger partial charge in [0.15, 0.2) is 0 Å². The topological polar surface area (TPSA) is 63.8 Å². The molecule has 1 N–H and O–H groups in total. The molecule has 0 aromatic carbocycles. The molecular weight excluding hydrogens is 299 g/mol. The summed E-state index contributed by atoms with van der Waals surface area (Å²) < 4.78 is 5.32. The molecule has 0 fully saturated rings. The minimum atomic E-state index is 0.109. The Morgan fingerprint density at radius 2 is 2.15 bits per heavy atom. The lowest BCUT2D eigenvalue weighted by Gasteiger charge is -2.18. The number of nitrogens with one attached hydrogen (secondary N) is 1. The molecule has 0 spiro atoms. The van der Waals surface area contributed by atoms with Crippen LogP contribution in [-0.2, 0) is 0 Å². The number of likely N-dealkylation sites (N-methyl/N-ethyl adjacent to an activating group) is 1. The minimum Gasteiger partial charge on any atom is -0.339 e. The van der Waals surface area contributed by atoms with E-state index in [0.717, 1.165) is 6.42 Å². The van der Waals surface area contributed by atoms with Gasteiger partial charge in [0.1, 0.15) is 5.69 Å². The summed E-state index contributed by atoms with van der Waals surface area (Å²) in [6.45, 7) is 4.14. The molecule has 2 atom stereocenters. The first-order valence-electron chi connectivity index (χ1n) is 6.39. The van der Waals surface area contributed by atoms with Crippen LogP contribution in [0.15, 0.2) is 16.8 Å². The fourth-order valence-electron chi connectivity index (χ4n) is 2.08. The van der Waals surface area contributed by atoms with Crippen LogP contribution in [0, 0.1) is 0 Å². The second-order valence-electron chi connectivity index (χ2n) is 4.53. The molecule has 0 aliphatic carbocycles. The Hall–Kier alpha value is -1.17. The van der Waals surface area contributed by atoms with E-state index in [-0.39, 0.29) is 12.0 Å². The second-order valence-corrected chi connectivity index (χ2v) is 5.38. The molecule has 0 bridgehead atoms. The Balaban J connectivity index is 2.28. The molecule has 108 valence electrons. The Kier molecular flexibility index (Phi) is 4.96. The van der Waals surface area contributed by atoms with E-state index >= 15 is 0 Å². The third-order valence-corrected chi connectivity index (χ3v) is 3.76. The molecule has 20 heavy (non-hydrogen) atoms. The summed E-state index contributed by atoms with van der Waals surface area (Å²) in [5.74, 6) is 1.05. The van der Waals surface area contributed by atoms with Gasteiger partial charge in [-0.15, -0.1) is 0 Å². The average Bonchev–Trinajstić information content (AvgIpc) is 2.89. The number of halogens is 2. The fraction of sp³-hybridized carbons (Fsp3) is 0.462. The van der Waals surface area contributed by atoms with Gasteiger partial charge in [0, 0.05) is 12.2 Å².